The van der Waals surface area contributed by atoms with Crippen molar-refractivity contribution >= 4 is 53.8 Å². The first kappa shape index (κ1) is 19.7. The van der Waals surface area contributed by atoms with Crippen molar-refractivity contribution in [3.05, 3.63) is 59.5 Å². The minimum absolute atomic E-state index is 0.0495. The molecule has 0 atom stereocenters. The zero-order valence-corrected chi connectivity index (χ0v) is 17.9. The lowest BCUT2D eigenvalue weighted by molar-refractivity contribution is -0.115. The van der Waals surface area contributed by atoms with E-state index in [9.17, 15) is 13.2 Å². The highest BCUT2D eigenvalue weighted by Gasteiger charge is 2.14. The van der Waals surface area contributed by atoms with Crippen molar-refractivity contribution in [2.24, 2.45) is 0 Å². The number of carbonyl (C=O) groups excluding carboxylic acids is 1. The van der Waals surface area contributed by atoms with E-state index in [2.05, 4.69) is 15.3 Å². The SMILES string of the molecule is CCS(=O)(=O)c1ccc(CC(=O)Nc2nc(-c3nc4ccccc4s3)cs2)cc1. The third-order valence-electron chi connectivity index (χ3n) is 4.29. The summed E-state index contributed by atoms with van der Waals surface area (Å²) in [5, 5.41) is 5.99. The zero-order valence-electron chi connectivity index (χ0n) is 15.5. The number of rotatable bonds is 6. The number of hydrogen-bond acceptors (Lipinski definition) is 7. The normalized spacial score (nSPS) is 11.6. The summed E-state index contributed by atoms with van der Waals surface area (Å²) in [4.78, 5) is 21.6. The predicted octanol–water partition coefficient (Wildman–Crippen LogP) is 4.39. The molecule has 0 radical (unpaired) electrons. The van der Waals surface area contributed by atoms with Crippen molar-refractivity contribution in [2.75, 3.05) is 11.1 Å². The van der Waals surface area contributed by atoms with E-state index >= 15 is 0 Å². The average Bonchev–Trinajstić information content (AvgIpc) is 3.35. The largest absolute Gasteiger partial charge is 0.302 e. The van der Waals surface area contributed by atoms with Gasteiger partial charge in [-0.2, -0.15) is 0 Å². The fourth-order valence-electron chi connectivity index (χ4n) is 2.74. The number of para-hydroxylation sites is 1. The molecule has 29 heavy (non-hydrogen) atoms. The third kappa shape index (κ3) is 4.36. The standard InChI is InChI=1S/C20H17N3O3S3/c1-2-29(25,26)14-9-7-13(8-10-14)11-18(24)23-20-22-16(12-27-20)19-21-15-5-3-4-6-17(15)28-19/h3-10,12H,2,11H2,1H3,(H,22,23,24). The molecule has 4 rings (SSSR count). The first-order valence-corrected chi connectivity index (χ1v) is 12.2. The average molecular weight is 444 g/mol. The first-order chi connectivity index (χ1) is 13.9. The van der Waals surface area contributed by atoms with Crippen LogP contribution in [0.4, 0.5) is 5.13 Å². The van der Waals surface area contributed by atoms with Crippen LogP contribution < -0.4 is 5.32 Å². The molecule has 1 N–H and O–H groups in total. The number of hydrogen-bond donors (Lipinski definition) is 1. The summed E-state index contributed by atoms with van der Waals surface area (Å²) in [6.45, 7) is 1.60. The van der Waals surface area contributed by atoms with Crippen LogP contribution in [0.5, 0.6) is 0 Å². The number of fused-ring (bicyclic) bond motifs is 1. The highest BCUT2D eigenvalue weighted by molar-refractivity contribution is 7.91. The van der Waals surface area contributed by atoms with Crippen molar-refractivity contribution in [2.45, 2.75) is 18.2 Å². The highest BCUT2D eigenvalue weighted by Crippen LogP contribution is 2.31. The van der Waals surface area contributed by atoms with E-state index < -0.39 is 9.84 Å². The number of thiazole rings is 2. The topological polar surface area (TPSA) is 89.0 Å². The lowest BCUT2D eigenvalue weighted by Crippen LogP contribution is -2.14. The second kappa shape index (κ2) is 8.02. The Bertz CT molecular complexity index is 1240. The third-order valence-corrected chi connectivity index (χ3v) is 7.86. The molecule has 148 valence electrons. The molecular weight excluding hydrogens is 426 g/mol. The molecule has 4 aromatic rings. The van der Waals surface area contributed by atoms with Crippen LogP contribution in [0.3, 0.4) is 0 Å². The quantitative estimate of drug-likeness (QED) is 0.477. The molecule has 0 aliphatic carbocycles. The minimum atomic E-state index is -3.24. The molecule has 0 unspecified atom stereocenters. The van der Waals surface area contributed by atoms with Gasteiger partial charge in [0.25, 0.3) is 0 Å². The number of sulfone groups is 1. The lowest BCUT2D eigenvalue weighted by atomic mass is 10.1. The first-order valence-electron chi connectivity index (χ1n) is 8.87. The number of nitrogens with zero attached hydrogens (tertiary/aromatic N) is 2. The number of aromatic nitrogens is 2. The fourth-order valence-corrected chi connectivity index (χ4v) is 5.34. The molecule has 0 aliphatic heterocycles. The summed E-state index contributed by atoms with van der Waals surface area (Å²) in [5.74, 6) is -0.158. The Morgan fingerprint density at radius 3 is 2.55 bits per heavy atom. The number of amides is 1. The van der Waals surface area contributed by atoms with Crippen molar-refractivity contribution in [1.29, 1.82) is 0 Å². The van der Waals surface area contributed by atoms with E-state index in [1.807, 2.05) is 29.6 Å². The summed E-state index contributed by atoms with van der Waals surface area (Å²) in [6.07, 6.45) is 0.141. The Kier molecular flexibility index (Phi) is 5.44. The van der Waals surface area contributed by atoms with Gasteiger partial charge in [-0.25, -0.2) is 18.4 Å². The molecular formula is C20H17N3O3S3. The molecule has 6 nitrogen and oxygen atoms in total. The second-order valence-electron chi connectivity index (χ2n) is 6.30. The van der Waals surface area contributed by atoms with Crippen molar-refractivity contribution in [3.63, 3.8) is 0 Å². The molecule has 1 amide bonds. The monoisotopic (exact) mass is 443 g/mol. The van der Waals surface area contributed by atoms with Gasteiger partial charge in [-0.15, -0.1) is 22.7 Å². The maximum absolute atomic E-state index is 12.3. The summed E-state index contributed by atoms with van der Waals surface area (Å²) in [6, 6.07) is 14.3. The lowest BCUT2D eigenvalue weighted by Gasteiger charge is -2.04. The van der Waals surface area contributed by atoms with Crippen molar-refractivity contribution in [1.82, 2.24) is 9.97 Å². The van der Waals surface area contributed by atoms with E-state index in [0.717, 1.165) is 26.5 Å². The number of anilines is 1. The number of nitrogens with one attached hydrogen (secondary N) is 1. The van der Waals surface area contributed by atoms with Gasteiger partial charge < -0.3 is 5.32 Å². The summed E-state index contributed by atoms with van der Waals surface area (Å²) < 4.78 is 24.8. The number of carbonyl (C=O) groups is 1. The smallest absolute Gasteiger partial charge is 0.230 e. The van der Waals surface area contributed by atoms with Crippen LogP contribution in [0.2, 0.25) is 0 Å². The van der Waals surface area contributed by atoms with Gasteiger partial charge in [0, 0.05) is 5.38 Å². The Morgan fingerprint density at radius 1 is 1.07 bits per heavy atom. The molecule has 0 saturated heterocycles. The molecule has 0 saturated carbocycles. The van der Waals surface area contributed by atoms with Gasteiger partial charge in [-0.3, -0.25) is 4.79 Å². The Balaban J connectivity index is 1.43. The van der Waals surface area contributed by atoms with Crippen LogP contribution in [-0.2, 0) is 21.1 Å². The summed E-state index contributed by atoms with van der Waals surface area (Å²) in [7, 11) is -3.24. The molecule has 2 aromatic heterocycles. The van der Waals surface area contributed by atoms with Crippen molar-refractivity contribution < 1.29 is 13.2 Å². The Hall–Kier alpha value is -2.62. The van der Waals surface area contributed by atoms with Crippen LogP contribution in [0, 0.1) is 0 Å². The molecule has 0 bridgehead atoms. The van der Waals surface area contributed by atoms with E-state index in [1.165, 1.54) is 23.5 Å². The summed E-state index contributed by atoms with van der Waals surface area (Å²) in [5.41, 5.74) is 2.40. The second-order valence-corrected chi connectivity index (χ2v) is 10.5. The fraction of sp³-hybridized carbons (Fsp3) is 0.150. The van der Waals surface area contributed by atoms with Gasteiger partial charge >= 0.3 is 0 Å². The molecule has 0 fully saturated rings. The van der Waals surface area contributed by atoms with Gasteiger partial charge in [-0.1, -0.05) is 31.2 Å². The minimum Gasteiger partial charge on any atom is -0.302 e. The van der Waals surface area contributed by atoms with E-state index in [-0.39, 0.29) is 23.0 Å². The van der Waals surface area contributed by atoms with E-state index in [4.69, 9.17) is 0 Å². The van der Waals surface area contributed by atoms with Gasteiger partial charge in [0.1, 0.15) is 10.7 Å². The van der Waals surface area contributed by atoms with Crippen LogP contribution in [-0.4, -0.2) is 30.0 Å². The van der Waals surface area contributed by atoms with E-state index in [1.54, 1.807) is 30.4 Å². The molecule has 2 heterocycles. The van der Waals surface area contributed by atoms with Gasteiger partial charge in [0.05, 0.1) is 27.3 Å². The Labute approximate surface area is 176 Å². The predicted molar refractivity (Wildman–Crippen MR) is 117 cm³/mol. The summed E-state index contributed by atoms with van der Waals surface area (Å²) >= 11 is 2.91. The van der Waals surface area contributed by atoms with Crippen LogP contribution in [0.25, 0.3) is 20.9 Å². The van der Waals surface area contributed by atoms with Crippen molar-refractivity contribution in [3.8, 4) is 10.7 Å². The zero-order chi connectivity index (χ0) is 20.4. The Morgan fingerprint density at radius 2 is 1.83 bits per heavy atom. The maximum Gasteiger partial charge on any atom is 0.230 e. The molecule has 0 spiro atoms. The van der Waals surface area contributed by atoms with Gasteiger partial charge in [0.15, 0.2) is 15.0 Å². The molecule has 0 aliphatic rings. The number of benzene rings is 2. The van der Waals surface area contributed by atoms with Gasteiger partial charge in [-0.05, 0) is 29.8 Å². The molecule has 2 aromatic carbocycles. The molecule has 9 heteroatoms. The van der Waals surface area contributed by atoms with Crippen LogP contribution >= 0.6 is 22.7 Å². The van der Waals surface area contributed by atoms with Gasteiger partial charge in [0.2, 0.25) is 5.91 Å². The highest BCUT2D eigenvalue weighted by atomic mass is 32.2. The van der Waals surface area contributed by atoms with Crippen LogP contribution in [0.15, 0.2) is 58.8 Å². The van der Waals surface area contributed by atoms with Crippen LogP contribution in [0.1, 0.15) is 12.5 Å². The maximum atomic E-state index is 12.3. The van der Waals surface area contributed by atoms with E-state index in [0.29, 0.717) is 5.13 Å².